The molecule has 6 heteroatoms. The third-order valence-corrected chi connectivity index (χ3v) is 5.30. The Bertz CT molecular complexity index is 1130. The number of halogens is 1. The number of ether oxygens (including phenoxy) is 1. The van der Waals surface area contributed by atoms with Crippen LogP contribution in [0.1, 0.15) is 38.9 Å². The third-order valence-electron chi connectivity index (χ3n) is 5.30. The highest BCUT2D eigenvalue weighted by Crippen LogP contribution is 2.38. The lowest BCUT2D eigenvalue weighted by atomic mass is 9.97. The zero-order valence-corrected chi connectivity index (χ0v) is 15.9. The Morgan fingerprint density at radius 3 is 2.46 bits per heavy atom. The number of aryl methyl sites for hydroxylation is 2. The highest BCUT2D eigenvalue weighted by atomic mass is 19.1. The fourth-order valence-electron chi connectivity index (χ4n) is 3.69. The first-order valence-corrected chi connectivity index (χ1v) is 9.05. The minimum Gasteiger partial charge on any atom is -0.450 e. The summed E-state index contributed by atoms with van der Waals surface area (Å²) in [5, 5.41) is 0.440. The number of carbonyl (C=O) groups is 1. The Hall–Kier alpha value is -2.99. The molecule has 0 saturated carbocycles. The maximum Gasteiger partial charge on any atom is 0.290 e. The van der Waals surface area contributed by atoms with Gasteiger partial charge in [-0.05, 0) is 54.8 Å². The molecule has 0 radical (unpaired) electrons. The summed E-state index contributed by atoms with van der Waals surface area (Å²) in [6, 6.07) is 8.76. The summed E-state index contributed by atoms with van der Waals surface area (Å²) < 4.78 is 24.5. The molecule has 3 aromatic rings. The van der Waals surface area contributed by atoms with E-state index in [4.69, 9.17) is 9.15 Å². The summed E-state index contributed by atoms with van der Waals surface area (Å²) in [6.07, 6.45) is 0. The molecule has 1 aliphatic heterocycles. The predicted molar refractivity (Wildman–Crippen MR) is 103 cm³/mol. The number of amides is 1. The lowest BCUT2D eigenvalue weighted by Crippen LogP contribution is -2.32. The van der Waals surface area contributed by atoms with E-state index in [2.05, 4.69) is 0 Å². The molecule has 0 saturated heterocycles. The Labute approximate surface area is 161 Å². The highest BCUT2D eigenvalue weighted by Gasteiger charge is 2.42. The van der Waals surface area contributed by atoms with E-state index in [1.54, 1.807) is 36.3 Å². The van der Waals surface area contributed by atoms with Gasteiger partial charge in [-0.3, -0.25) is 9.59 Å². The predicted octanol–water partition coefficient (Wildman–Crippen LogP) is 3.74. The molecule has 0 fully saturated rings. The summed E-state index contributed by atoms with van der Waals surface area (Å²) in [5.41, 5.74) is 3.06. The minimum atomic E-state index is -0.638. The minimum absolute atomic E-state index is 0.0474. The van der Waals surface area contributed by atoms with Gasteiger partial charge < -0.3 is 14.1 Å². The van der Waals surface area contributed by atoms with Crippen molar-refractivity contribution in [2.24, 2.45) is 0 Å². The highest BCUT2D eigenvalue weighted by molar-refractivity contribution is 5.99. The lowest BCUT2D eigenvalue weighted by Gasteiger charge is -2.24. The summed E-state index contributed by atoms with van der Waals surface area (Å²) in [6.45, 7) is 4.45. The van der Waals surface area contributed by atoms with Gasteiger partial charge in [0.25, 0.3) is 5.91 Å². The van der Waals surface area contributed by atoms with Crippen LogP contribution in [0.3, 0.4) is 0 Å². The Morgan fingerprint density at radius 2 is 1.79 bits per heavy atom. The van der Waals surface area contributed by atoms with Crippen molar-refractivity contribution in [1.82, 2.24) is 4.90 Å². The molecule has 2 heterocycles. The van der Waals surface area contributed by atoms with E-state index >= 15 is 0 Å². The first kappa shape index (κ1) is 18.4. The first-order valence-electron chi connectivity index (χ1n) is 9.05. The molecular weight excluding hydrogens is 361 g/mol. The van der Waals surface area contributed by atoms with Crippen LogP contribution in [0.2, 0.25) is 0 Å². The van der Waals surface area contributed by atoms with E-state index in [1.807, 2.05) is 13.8 Å². The molecule has 5 nitrogen and oxygen atoms in total. The number of hydrogen-bond donors (Lipinski definition) is 0. The lowest BCUT2D eigenvalue weighted by molar-refractivity contribution is 0.0663. The van der Waals surface area contributed by atoms with Gasteiger partial charge in [0.05, 0.1) is 23.6 Å². The van der Waals surface area contributed by atoms with Gasteiger partial charge in [-0.2, -0.15) is 0 Å². The quantitative estimate of drug-likeness (QED) is 0.691. The van der Waals surface area contributed by atoms with Crippen LogP contribution in [0, 0.1) is 19.7 Å². The Balaban J connectivity index is 1.98. The summed E-state index contributed by atoms with van der Waals surface area (Å²) >= 11 is 0. The molecule has 0 unspecified atom stereocenters. The van der Waals surface area contributed by atoms with E-state index in [0.29, 0.717) is 28.7 Å². The summed E-state index contributed by atoms with van der Waals surface area (Å²) in [5.74, 6) is -0.696. The average Bonchev–Trinajstić information content (AvgIpc) is 2.95. The second kappa shape index (κ2) is 6.87. The number of benzene rings is 2. The zero-order valence-electron chi connectivity index (χ0n) is 15.9. The van der Waals surface area contributed by atoms with Crippen LogP contribution in [0.15, 0.2) is 45.6 Å². The number of fused-ring (bicyclic) bond motifs is 2. The van der Waals surface area contributed by atoms with Gasteiger partial charge in [0.15, 0.2) is 5.43 Å². The number of carbonyl (C=O) groups excluding carboxylic acids is 1. The van der Waals surface area contributed by atoms with Gasteiger partial charge in [-0.25, -0.2) is 4.39 Å². The van der Waals surface area contributed by atoms with Gasteiger partial charge >= 0.3 is 0 Å². The number of hydrogen-bond acceptors (Lipinski definition) is 4. The van der Waals surface area contributed by atoms with Crippen molar-refractivity contribution in [2.45, 2.75) is 19.9 Å². The molecule has 1 aromatic heterocycles. The van der Waals surface area contributed by atoms with E-state index in [9.17, 15) is 14.0 Å². The van der Waals surface area contributed by atoms with E-state index in [0.717, 1.165) is 11.1 Å². The smallest absolute Gasteiger partial charge is 0.290 e. The van der Waals surface area contributed by atoms with Crippen LogP contribution < -0.4 is 5.43 Å². The molecule has 1 aliphatic rings. The van der Waals surface area contributed by atoms with Crippen molar-refractivity contribution in [3.05, 3.63) is 80.5 Å². The molecule has 1 atom stereocenters. The van der Waals surface area contributed by atoms with Crippen molar-refractivity contribution < 1.29 is 18.3 Å². The fourth-order valence-corrected chi connectivity index (χ4v) is 3.69. The molecule has 2 aromatic carbocycles. The van der Waals surface area contributed by atoms with Gasteiger partial charge in [0.2, 0.25) is 5.76 Å². The van der Waals surface area contributed by atoms with Crippen molar-refractivity contribution >= 4 is 16.9 Å². The molecule has 0 N–H and O–H groups in total. The van der Waals surface area contributed by atoms with Gasteiger partial charge in [0, 0.05) is 13.7 Å². The normalized spacial score (nSPS) is 16.1. The van der Waals surface area contributed by atoms with Crippen LogP contribution in [0.5, 0.6) is 0 Å². The SMILES string of the molecule is COCCN1C(=O)c2oc3cc(C)c(C)cc3c(=O)c2[C@@H]1c1ccc(F)cc1. The molecule has 144 valence electrons. The van der Waals surface area contributed by atoms with Crippen molar-refractivity contribution in [1.29, 1.82) is 0 Å². The second-order valence-corrected chi connectivity index (χ2v) is 7.05. The maximum atomic E-state index is 13.4. The van der Waals surface area contributed by atoms with Gasteiger partial charge in [-0.15, -0.1) is 0 Å². The van der Waals surface area contributed by atoms with Crippen LogP contribution in [0.25, 0.3) is 11.0 Å². The van der Waals surface area contributed by atoms with Crippen LogP contribution >= 0.6 is 0 Å². The van der Waals surface area contributed by atoms with Crippen molar-refractivity contribution in [3.63, 3.8) is 0 Å². The molecule has 28 heavy (non-hydrogen) atoms. The molecular formula is C22H20FNO4. The first-order chi connectivity index (χ1) is 13.4. The topological polar surface area (TPSA) is 59.8 Å². The Kier molecular flexibility index (Phi) is 4.51. The number of rotatable bonds is 4. The Morgan fingerprint density at radius 1 is 1.11 bits per heavy atom. The van der Waals surface area contributed by atoms with E-state index in [1.165, 1.54) is 12.1 Å². The second-order valence-electron chi connectivity index (χ2n) is 7.05. The largest absolute Gasteiger partial charge is 0.450 e. The molecule has 4 rings (SSSR count). The standard InChI is InChI=1S/C22H20FNO4/c1-12-10-16-17(11-13(12)2)28-21-18(20(16)25)19(14-4-6-15(23)7-5-14)24(22(21)26)8-9-27-3/h4-7,10-11,19H,8-9H2,1-3H3/t19-/m0/s1. The maximum absolute atomic E-state index is 13.4. The van der Waals surface area contributed by atoms with Crippen molar-refractivity contribution in [3.8, 4) is 0 Å². The van der Waals surface area contributed by atoms with Crippen LogP contribution in [0.4, 0.5) is 4.39 Å². The monoisotopic (exact) mass is 381 g/mol. The molecule has 0 spiro atoms. The molecule has 0 bridgehead atoms. The third kappa shape index (κ3) is 2.81. The zero-order chi connectivity index (χ0) is 20.0. The van der Waals surface area contributed by atoms with Gasteiger partial charge in [0.1, 0.15) is 11.4 Å². The molecule has 0 aliphatic carbocycles. The summed E-state index contributed by atoms with van der Waals surface area (Å²) in [4.78, 5) is 28.0. The average molecular weight is 381 g/mol. The van der Waals surface area contributed by atoms with E-state index < -0.39 is 6.04 Å². The van der Waals surface area contributed by atoms with Crippen LogP contribution in [-0.4, -0.2) is 31.1 Å². The van der Waals surface area contributed by atoms with Gasteiger partial charge in [-0.1, -0.05) is 12.1 Å². The number of nitrogens with zero attached hydrogens (tertiary/aromatic N) is 1. The van der Waals surface area contributed by atoms with Crippen molar-refractivity contribution in [2.75, 3.05) is 20.3 Å². The fraction of sp³-hybridized carbons (Fsp3) is 0.273. The van der Waals surface area contributed by atoms with E-state index in [-0.39, 0.29) is 29.5 Å². The number of methoxy groups -OCH3 is 1. The van der Waals surface area contributed by atoms with Crippen LogP contribution in [-0.2, 0) is 4.74 Å². The molecule has 1 amide bonds. The summed E-state index contributed by atoms with van der Waals surface area (Å²) in [7, 11) is 1.55.